The van der Waals surface area contributed by atoms with Crippen molar-refractivity contribution in [2.75, 3.05) is 5.32 Å². The molecule has 5 heteroatoms. The first kappa shape index (κ1) is 18.0. The normalized spacial score (nSPS) is 15.2. The summed E-state index contributed by atoms with van der Waals surface area (Å²) in [5.74, 6) is 0. The number of nitrogens with zero attached hydrogens (tertiary/aromatic N) is 3. The minimum atomic E-state index is 0.219. The maximum absolute atomic E-state index is 9.21. The molecular weight excluding hydrogens is 370 g/mol. The van der Waals surface area contributed by atoms with Gasteiger partial charge in [0.25, 0.3) is 0 Å². The molecule has 0 saturated carbocycles. The highest BCUT2D eigenvalue weighted by Crippen LogP contribution is 2.35. The largest absolute Gasteiger partial charge is 0.378 e. The third-order valence-corrected chi connectivity index (χ3v) is 5.76. The van der Waals surface area contributed by atoms with Crippen LogP contribution in [0, 0.1) is 22.7 Å². The Morgan fingerprint density at radius 1 is 0.967 bits per heavy atom. The lowest BCUT2D eigenvalue weighted by atomic mass is 9.86. The first-order chi connectivity index (χ1) is 14.7. The third-order valence-electron chi connectivity index (χ3n) is 5.76. The molecule has 1 unspecified atom stereocenters. The molecule has 1 aliphatic rings. The van der Waals surface area contributed by atoms with Crippen LogP contribution in [0.25, 0.3) is 22.2 Å². The van der Waals surface area contributed by atoms with Crippen molar-refractivity contribution in [2.45, 2.75) is 25.3 Å². The molecule has 30 heavy (non-hydrogen) atoms. The summed E-state index contributed by atoms with van der Waals surface area (Å²) in [7, 11) is 0. The van der Waals surface area contributed by atoms with Crippen molar-refractivity contribution in [3.8, 4) is 23.4 Å². The maximum Gasteiger partial charge on any atom is 0.100 e. The number of H-pyrrole nitrogens is 1. The molecule has 1 aliphatic carbocycles. The molecule has 1 atom stereocenters. The fraction of sp³-hybridized carbons (Fsp3) is 0.160. The predicted molar refractivity (Wildman–Crippen MR) is 117 cm³/mol. The maximum atomic E-state index is 9.21. The Hall–Kier alpha value is -4.09. The van der Waals surface area contributed by atoms with Gasteiger partial charge in [-0.1, -0.05) is 18.2 Å². The molecule has 0 aliphatic heterocycles. The number of aromatic amines is 1. The second kappa shape index (κ2) is 7.39. The average Bonchev–Trinajstić information content (AvgIpc) is 3.22. The Labute approximate surface area is 174 Å². The van der Waals surface area contributed by atoms with E-state index in [-0.39, 0.29) is 6.04 Å². The van der Waals surface area contributed by atoms with Gasteiger partial charge in [-0.3, -0.25) is 5.10 Å². The van der Waals surface area contributed by atoms with Gasteiger partial charge in [0, 0.05) is 16.6 Å². The molecule has 144 valence electrons. The fourth-order valence-electron chi connectivity index (χ4n) is 4.29. The standard InChI is InChI=1S/C25H19N5/c26-14-16-3-1-5-19(12-16)25-22-13-20(8-10-24(22)29-30-25)28-23-6-2-4-18-11-17(15-27)7-9-21(18)23/h1,3,5,7-13,23,28H,2,4,6H2,(H,29,30). The summed E-state index contributed by atoms with van der Waals surface area (Å²) < 4.78 is 0. The average molecular weight is 389 g/mol. The lowest BCUT2D eigenvalue weighted by molar-refractivity contribution is 0.600. The number of fused-ring (bicyclic) bond motifs is 2. The van der Waals surface area contributed by atoms with Gasteiger partial charge in [0.1, 0.15) is 5.69 Å². The molecule has 0 radical (unpaired) electrons. The van der Waals surface area contributed by atoms with Gasteiger partial charge in [-0.2, -0.15) is 15.6 Å². The van der Waals surface area contributed by atoms with Crippen molar-refractivity contribution < 1.29 is 0 Å². The third kappa shape index (κ3) is 3.17. The van der Waals surface area contributed by atoms with E-state index in [9.17, 15) is 10.5 Å². The van der Waals surface area contributed by atoms with Gasteiger partial charge in [0.15, 0.2) is 0 Å². The SMILES string of the molecule is N#Cc1cccc(-c2n[nH]c3ccc(NC4CCCc5cc(C#N)ccc54)cc23)c1. The number of nitrogens with one attached hydrogen (secondary N) is 2. The Morgan fingerprint density at radius 3 is 2.70 bits per heavy atom. The van der Waals surface area contributed by atoms with Crippen molar-refractivity contribution in [2.24, 2.45) is 0 Å². The van der Waals surface area contributed by atoms with Crippen LogP contribution in [0.4, 0.5) is 5.69 Å². The van der Waals surface area contributed by atoms with E-state index in [0.717, 1.165) is 52.7 Å². The number of aromatic nitrogens is 2. The number of anilines is 1. The Bertz CT molecular complexity index is 1340. The van der Waals surface area contributed by atoms with Crippen LogP contribution in [0.15, 0.2) is 60.7 Å². The lowest BCUT2D eigenvalue weighted by Gasteiger charge is -2.27. The highest BCUT2D eigenvalue weighted by Gasteiger charge is 2.21. The van der Waals surface area contributed by atoms with Crippen molar-refractivity contribution in [3.63, 3.8) is 0 Å². The van der Waals surface area contributed by atoms with Crippen LogP contribution in [-0.2, 0) is 6.42 Å². The number of aryl methyl sites for hydroxylation is 1. The molecule has 3 aromatic carbocycles. The second-order valence-corrected chi connectivity index (χ2v) is 7.64. The molecule has 5 nitrogen and oxygen atoms in total. The van der Waals surface area contributed by atoms with Crippen LogP contribution in [-0.4, -0.2) is 10.2 Å². The molecule has 2 N–H and O–H groups in total. The summed E-state index contributed by atoms with van der Waals surface area (Å²) in [4.78, 5) is 0. The summed E-state index contributed by atoms with van der Waals surface area (Å²) in [6.07, 6.45) is 3.17. The van der Waals surface area contributed by atoms with E-state index >= 15 is 0 Å². The zero-order valence-electron chi connectivity index (χ0n) is 16.3. The van der Waals surface area contributed by atoms with Crippen LogP contribution in [0.5, 0.6) is 0 Å². The van der Waals surface area contributed by atoms with E-state index in [2.05, 4.69) is 45.9 Å². The second-order valence-electron chi connectivity index (χ2n) is 7.64. The van der Waals surface area contributed by atoms with E-state index in [0.29, 0.717) is 5.56 Å². The van der Waals surface area contributed by atoms with Gasteiger partial charge in [-0.25, -0.2) is 0 Å². The minimum Gasteiger partial charge on any atom is -0.378 e. The van der Waals surface area contributed by atoms with Crippen molar-refractivity contribution >= 4 is 16.6 Å². The molecule has 0 amide bonds. The molecule has 0 fully saturated rings. The summed E-state index contributed by atoms with van der Waals surface area (Å²) in [5.41, 5.74) is 7.62. The number of benzene rings is 3. The van der Waals surface area contributed by atoms with Gasteiger partial charge in [0.05, 0.1) is 34.8 Å². The van der Waals surface area contributed by atoms with Crippen LogP contribution in [0.3, 0.4) is 0 Å². The molecule has 5 rings (SSSR count). The van der Waals surface area contributed by atoms with Gasteiger partial charge in [-0.05, 0) is 72.9 Å². The zero-order chi connectivity index (χ0) is 20.5. The topological polar surface area (TPSA) is 88.3 Å². The smallest absolute Gasteiger partial charge is 0.100 e. The molecular formula is C25H19N5. The summed E-state index contributed by atoms with van der Waals surface area (Å²) in [6.45, 7) is 0. The van der Waals surface area contributed by atoms with Gasteiger partial charge >= 0.3 is 0 Å². The molecule has 0 saturated heterocycles. The quantitative estimate of drug-likeness (QED) is 0.487. The van der Waals surface area contributed by atoms with Crippen molar-refractivity contribution in [1.82, 2.24) is 10.2 Å². The molecule has 1 aromatic heterocycles. The first-order valence-corrected chi connectivity index (χ1v) is 10.0. The highest BCUT2D eigenvalue weighted by molar-refractivity contribution is 5.95. The first-order valence-electron chi connectivity index (χ1n) is 10.0. The van der Waals surface area contributed by atoms with Crippen LogP contribution in [0.1, 0.15) is 41.1 Å². The van der Waals surface area contributed by atoms with Gasteiger partial charge in [-0.15, -0.1) is 0 Å². The monoisotopic (exact) mass is 389 g/mol. The number of rotatable bonds is 3. The van der Waals surface area contributed by atoms with E-state index < -0.39 is 0 Å². The lowest BCUT2D eigenvalue weighted by Crippen LogP contribution is -2.17. The molecule has 4 aromatic rings. The number of hydrogen-bond donors (Lipinski definition) is 2. The Balaban J connectivity index is 1.50. The van der Waals surface area contributed by atoms with E-state index in [1.54, 1.807) is 6.07 Å². The van der Waals surface area contributed by atoms with Crippen molar-refractivity contribution in [3.05, 3.63) is 82.9 Å². The van der Waals surface area contributed by atoms with Crippen molar-refractivity contribution in [1.29, 1.82) is 10.5 Å². The Morgan fingerprint density at radius 2 is 1.83 bits per heavy atom. The van der Waals surface area contributed by atoms with Crippen LogP contribution < -0.4 is 5.32 Å². The number of hydrogen-bond acceptors (Lipinski definition) is 4. The minimum absolute atomic E-state index is 0.219. The van der Waals surface area contributed by atoms with Crippen LogP contribution in [0.2, 0.25) is 0 Å². The molecule has 0 bridgehead atoms. The fourth-order valence-corrected chi connectivity index (χ4v) is 4.29. The number of nitriles is 2. The summed E-state index contributed by atoms with van der Waals surface area (Å²) >= 11 is 0. The molecule has 0 spiro atoms. The van der Waals surface area contributed by atoms with Gasteiger partial charge in [0.2, 0.25) is 0 Å². The zero-order valence-corrected chi connectivity index (χ0v) is 16.3. The summed E-state index contributed by atoms with van der Waals surface area (Å²) in [6, 6.07) is 24.4. The summed E-state index contributed by atoms with van der Waals surface area (Å²) in [5, 5.41) is 30.7. The highest BCUT2D eigenvalue weighted by atomic mass is 15.1. The Kier molecular flexibility index (Phi) is 4.42. The van der Waals surface area contributed by atoms with Crippen LogP contribution >= 0.6 is 0 Å². The predicted octanol–water partition coefficient (Wildman–Crippen LogP) is 5.46. The van der Waals surface area contributed by atoms with E-state index in [1.807, 2.05) is 36.4 Å². The molecule has 1 heterocycles. The van der Waals surface area contributed by atoms with Gasteiger partial charge < -0.3 is 5.32 Å². The van der Waals surface area contributed by atoms with E-state index in [1.165, 1.54) is 11.1 Å². The van der Waals surface area contributed by atoms with E-state index in [4.69, 9.17) is 0 Å².